The number of esters is 1. The number of aromatic nitrogens is 4. The van der Waals surface area contributed by atoms with E-state index in [0.717, 1.165) is 0 Å². The molecule has 30 heavy (non-hydrogen) atoms. The molecule has 3 rings (SSSR count). The van der Waals surface area contributed by atoms with Crippen molar-refractivity contribution in [2.75, 3.05) is 38.8 Å². The number of anilines is 1. The lowest BCUT2D eigenvalue weighted by molar-refractivity contribution is -0.164. The summed E-state index contributed by atoms with van der Waals surface area (Å²) in [6.45, 7) is 2.03. The molecule has 1 saturated heterocycles. The van der Waals surface area contributed by atoms with Crippen molar-refractivity contribution in [1.29, 1.82) is 0 Å². The minimum atomic E-state index is -1.60. The highest BCUT2D eigenvalue weighted by molar-refractivity contribution is 5.81. The maximum Gasteiger partial charge on any atom is 0.332 e. The van der Waals surface area contributed by atoms with Crippen molar-refractivity contribution in [2.24, 2.45) is 0 Å². The second kappa shape index (κ2) is 9.31. The van der Waals surface area contributed by atoms with Gasteiger partial charge in [-0.2, -0.15) is 14.4 Å². The quantitative estimate of drug-likeness (QED) is 0.241. The number of hydrogen-bond donors (Lipinski definition) is 2. The van der Waals surface area contributed by atoms with E-state index in [4.69, 9.17) is 31.1 Å². The number of imidazole rings is 1. The second-order valence-corrected chi connectivity index (χ2v) is 6.43. The standard InChI is InChI=1S/C18H22FN5O6/c1-3-18(9-25)11(29-13(26)8-28-6-5-27-4-2)7-12(30-18)24-10-21-14-15(20)22-17(19)23-16(14)24/h1,10-12,25H,4-9H2,2H3,(H2,20,22,23)/t11-,12+,18+/m0/s1. The number of rotatable bonds is 9. The van der Waals surface area contributed by atoms with Gasteiger partial charge in [0.1, 0.15) is 18.9 Å². The Morgan fingerprint density at radius 1 is 1.50 bits per heavy atom. The average Bonchev–Trinajstić information content (AvgIpc) is 3.29. The van der Waals surface area contributed by atoms with Crippen molar-refractivity contribution in [1.82, 2.24) is 19.5 Å². The molecule has 1 fully saturated rings. The highest BCUT2D eigenvalue weighted by atomic mass is 19.1. The van der Waals surface area contributed by atoms with Gasteiger partial charge in [0.05, 0.1) is 26.1 Å². The van der Waals surface area contributed by atoms with Gasteiger partial charge in [-0.15, -0.1) is 6.42 Å². The van der Waals surface area contributed by atoms with Crippen LogP contribution in [0.2, 0.25) is 0 Å². The van der Waals surface area contributed by atoms with Gasteiger partial charge >= 0.3 is 12.0 Å². The number of nitrogens with zero attached hydrogens (tertiary/aromatic N) is 4. The molecule has 0 spiro atoms. The zero-order valence-corrected chi connectivity index (χ0v) is 16.3. The molecule has 2 aromatic heterocycles. The molecule has 12 heteroatoms. The number of aliphatic hydroxyl groups excluding tert-OH is 1. The number of aliphatic hydroxyl groups is 1. The molecule has 0 saturated carbocycles. The van der Waals surface area contributed by atoms with E-state index in [0.29, 0.717) is 13.2 Å². The van der Waals surface area contributed by atoms with Crippen LogP contribution < -0.4 is 5.73 Å². The zero-order chi connectivity index (χ0) is 21.7. The Labute approximate surface area is 171 Å². The highest BCUT2D eigenvalue weighted by Gasteiger charge is 2.51. The van der Waals surface area contributed by atoms with Crippen molar-refractivity contribution in [3.8, 4) is 12.3 Å². The Morgan fingerprint density at radius 3 is 2.97 bits per heavy atom. The van der Waals surface area contributed by atoms with Gasteiger partial charge in [0.25, 0.3) is 0 Å². The molecule has 1 aliphatic rings. The number of nitrogen functional groups attached to an aromatic ring is 1. The fourth-order valence-electron chi connectivity index (χ4n) is 3.10. The van der Waals surface area contributed by atoms with Gasteiger partial charge in [-0.1, -0.05) is 5.92 Å². The van der Waals surface area contributed by atoms with Crippen molar-refractivity contribution >= 4 is 23.0 Å². The van der Waals surface area contributed by atoms with E-state index in [9.17, 15) is 14.3 Å². The molecule has 2 aromatic rings. The van der Waals surface area contributed by atoms with Crippen LogP contribution in [0.3, 0.4) is 0 Å². The topological polar surface area (TPSA) is 144 Å². The van der Waals surface area contributed by atoms with Crippen LogP contribution in [0.4, 0.5) is 10.2 Å². The number of ether oxygens (including phenoxy) is 4. The molecule has 0 radical (unpaired) electrons. The predicted molar refractivity (Wildman–Crippen MR) is 100 cm³/mol. The number of carbonyl (C=O) groups is 1. The van der Waals surface area contributed by atoms with E-state index in [2.05, 4.69) is 20.9 Å². The van der Waals surface area contributed by atoms with Gasteiger partial charge in [-0.3, -0.25) is 4.57 Å². The molecule has 1 aliphatic heterocycles. The maximum atomic E-state index is 13.6. The van der Waals surface area contributed by atoms with Gasteiger partial charge in [0, 0.05) is 13.0 Å². The summed E-state index contributed by atoms with van der Waals surface area (Å²) < 4.78 is 36.5. The number of terminal acetylenes is 1. The number of carbonyl (C=O) groups excluding carboxylic acids is 1. The smallest absolute Gasteiger partial charge is 0.332 e. The van der Waals surface area contributed by atoms with Crippen LogP contribution in [0, 0.1) is 18.4 Å². The van der Waals surface area contributed by atoms with E-state index >= 15 is 0 Å². The summed E-state index contributed by atoms with van der Waals surface area (Å²) in [6, 6.07) is 0. The van der Waals surface area contributed by atoms with Crippen LogP contribution in [0.15, 0.2) is 6.33 Å². The normalized spacial score (nSPS) is 23.5. The van der Waals surface area contributed by atoms with Crippen LogP contribution in [0.5, 0.6) is 0 Å². The first-order chi connectivity index (χ1) is 14.4. The molecule has 0 aromatic carbocycles. The molecule has 11 nitrogen and oxygen atoms in total. The number of nitrogens with two attached hydrogens (primary N) is 1. The number of halogens is 1. The van der Waals surface area contributed by atoms with E-state index in [-0.39, 0.29) is 36.6 Å². The molecule has 3 N–H and O–H groups in total. The Bertz CT molecular complexity index is 947. The first kappa shape index (κ1) is 21.8. The van der Waals surface area contributed by atoms with Crippen LogP contribution in [-0.2, 0) is 23.7 Å². The molecular formula is C18H22FN5O6. The van der Waals surface area contributed by atoms with Crippen LogP contribution in [0.25, 0.3) is 11.2 Å². The Morgan fingerprint density at radius 2 is 2.27 bits per heavy atom. The molecular weight excluding hydrogens is 401 g/mol. The molecule has 3 atom stereocenters. The zero-order valence-electron chi connectivity index (χ0n) is 16.3. The first-order valence-electron chi connectivity index (χ1n) is 9.21. The Kier molecular flexibility index (Phi) is 6.78. The van der Waals surface area contributed by atoms with Gasteiger partial charge in [-0.25, -0.2) is 9.78 Å². The number of hydrogen-bond acceptors (Lipinski definition) is 10. The molecule has 0 bridgehead atoms. The van der Waals surface area contributed by atoms with Crippen LogP contribution in [-0.4, -0.2) is 75.3 Å². The fourth-order valence-corrected chi connectivity index (χ4v) is 3.10. The monoisotopic (exact) mass is 423 g/mol. The minimum Gasteiger partial charge on any atom is -0.456 e. The van der Waals surface area contributed by atoms with Gasteiger partial charge in [0.15, 0.2) is 22.6 Å². The van der Waals surface area contributed by atoms with Gasteiger partial charge < -0.3 is 29.8 Å². The highest BCUT2D eigenvalue weighted by Crippen LogP contribution is 2.39. The van der Waals surface area contributed by atoms with Gasteiger partial charge in [-0.05, 0) is 6.92 Å². The summed E-state index contributed by atoms with van der Waals surface area (Å²) in [5.41, 5.74) is 4.34. The fraction of sp³-hybridized carbons (Fsp3) is 0.556. The molecule has 0 unspecified atom stereocenters. The third-order valence-electron chi connectivity index (χ3n) is 4.56. The third-order valence-corrected chi connectivity index (χ3v) is 4.56. The van der Waals surface area contributed by atoms with Crippen molar-refractivity contribution < 1.29 is 33.2 Å². The van der Waals surface area contributed by atoms with E-state index < -0.39 is 36.6 Å². The van der Waals surface area contributed by atoms with Crippen molar-refractivity contribution in [3.63, 3.8) is 0 Å². The van der Waals surface area contributed by atoms with Crippen LogP contribution >= 0.6 is 0 Å². The van der Waals surface area contributed by atoms with Gasteiger partial charge in [0.2, 0.25) is 0 Å². The lowest BCUT2D eigenvalue weighted by Gasteiger charge is -2.26. The Hall–Kier alpha value is -2.85. The Balaban J connectivity index is 1.75. The second-order valence-electron chi connectivity index (χ2n) is 6.43. The lowest BCUT2D eigenvalue weighted by Crippen LogP contribution is -2.44. The SMILES string of the molecule is C#C[C@]1(CO)O[C@@H](n2cnc3c(N)nc(F)nc32)C[C@@H]1OC(=O)COCCOCC. The molecule has 0 amide bonds. The maximum absolute atomic E-state index is 13.6. The van der Waals surface area contributed by atoms with E-state index in [1.165, 1.54) is 10.9 Å². The first-order valence-corrected chi connectivity index (χ1v) is 9.21. The summed E-state index contributed by atoms with van der Waals surface area (Å²) in [6.07, 6.45) is 4.11. The van der Waals surface area contributed by atoms with Crippen LogP contribution in [0.1, 0.15) is 19.6 Å². The number of fused-ring (bicyclic) bond motifs is 1. The summed E-state index contributed by atoms with van der Waals surface area (Å²) in [7, 11) is 0. The summed E-state index contributed by atoms with van der Waals surface area (Å²) >= 11 is 0. The van der Waals surface area contributed by atoms with E-state index in [1.54, 1.807) is 0 Å². The minimum absolute atomic E-state index is 0.0619. The third kappa shape index (κ3) is 4.34. The average molecular weight is 423 g/mol. The van der Waals surface area contributed by atoms with Crippen molar-refractivity contribution in [2.45, 2.75) is 31.3 Å². The predicted octanol–water partition coefficient (Wildman–Crippen LogP) is -0.204. The van der Waals surface area contributed by atoms with Crippen molar-refractivity contribution in [3.05, 3.63) is 12.4 Å². The molecule has 162 valence electrons. The summed E-state index contributed by atoms with van der Waals surface area (Å²) in [5, 5.41) is 9.85. The summed E-state index contributed by atoms with van der Waals surface area (Å²) in [4.78, 5) is 23.3. The summed E-state index contributed by atoms with van der Waals surface area (Å²) in [5.74, 6) is 1.54. The molecule has 0 aliphatic carbocycles. The molecule has 3 heterocycles. The largest absolute Gasteiger partial charge is 0.456 e. The van der Waals surface area contributed by atoms with E-state index in [1.807, 2.05) is 6.92 Å². The lowest BCUT2D eigenvalue weighted by atomic mass is 9.98.